The summed E-state index contributed by atoms with van der Waals surface area (Å²) in [4.78, 5) is 24.0. The molecule has 1 heterocycles. The van der Waals surface area contributed by atoms with Crippen LogP contribution < -0.4 is 10.1 Å². The Morgan fingerprint density at radius 3 is 2.57 bits per heavy atom. The number of nitrogens with one attached hydrogen (secondary N) is 1. The minimum absolute atomic E-state index is 0.000498. The van der Waals surface area contributed by atoms with Crippen molar-refractivity contribution in [3.05, 3.63) is 41.1 Å². The third-order valence-electron chi connectivity index (χ3n) is 3.12. The Labute approximate surface area is 133 Å². The van der Waals surface area contributed by atoms with E-state index in [1.807, 2.05) is 0 Å². The van der Waals surface area contributed by atoms with Crippen LogP contribution in [0.4, 0.5) is 5.88 Å². The van der Waals surface area contributed by atoms with Crippen LogP contribution in [-0.4, -0.2) is 30.7 Å². The number of hydrogen-bond acceptors (Lipinski definition) is 6. The minimum atomic E-state index is -0.578. The quantitative estimate of drug-likeness (QED) is 0.822. The Balaban J connectivity index is 2.06. The summed E-state index contributed by atoms with van der Waals surface area (Å²) >= 11 is 0. The highest BCUT2D eigenvalue weighted by Crippen LogP contribution is 2.21. The van der Waals surface area contributed by atoms with Crippen LogP contribution in [0.2, 0.25) is 0 Å². The van der Waals surface area contributed by atoms with E-state index in [0.29, 0.717) is 11.4 Å². The van der Waals surface area contributed by atoms with Crippen molar-refractivity contribution in [2.24, 2.45) is 0 Å². The van der Waals surface area contributed by atoms with E-state index in [9.17, 15) is 9.59 Å². The number of amides is 1. The molecule has 1 amide bonds. The molecule has 122 valence electrons. The Morgan fingerprint density at radius 1 is 1.26 bits per heavy atom. The molecule has 1 aromatic heterocycles. The number of aromatic nitrogens is 1. The standard InChI is InChI=1S/C16H18N2O5/c1-4-22-16(20)14-10(2)18-23-15(14)17-13(19)9-11-5-7-12(21-3)8-6-11/h5-8H,4,9H2,1-3H3,(H,17,19). The lowest BCUT2D eigenvalue weighted by Gasteiger charge is -2.05. The van der Waals surface area contributed by atoms with Gasteiger partial charge < -0.3 is 14.0 Å². The van der Waals surface area contributed by atoms with Crippen molar-refractivity contribution >= 4 is 17.8 Å². The van der Waals surface area contributed by atoms with E-state index in [2.05, 4.69) is 10.5 Å². The molecule has 0 saturated heterocycles. The molecule has 0 unspecified atom stereocenters. The predicted molar refractivity (Wildman–Crippen MR) is 82.5 cm³/mol. The summed E-state index contributed by atoms with van der Waals surface area (Å²) in [6.45, 7) is 3.53. The van der Waals surface area contributed by atoms with E-state index in [1.165, 1.54) is 0 Å². The molecule has 0 aliphatic heterocycles. The van der Waals surface area contributed by atoms with Gasteiger partial charge in [0.1, 0.15) is 11.3 Å². The second-order valence-corrected chi connectivity index (χ2v) is 4.77. The number of rotatable bonds is 6. The fraction of sp³-hybridized carbons (Fsp3) is 0.312. The Kier molecular flexibility index (Phi) is 5.35. The molecular formula is C16H18N2O5. The third-order valence-corrected chi connectivity index (χ3v) is 3.12. The fourth-order valence-corrected chi connectivity index (χ4v) is 2.00. The molecule has 0 fully saturated rings. The number of hydrogen-bond donors (Lipinski definition) is 1. The number of anilines is 1. The number of esters is 1. The van der Waals surface area contributed by atoms with Crippen LogP contribution >= 0.6 is 0 Å². The zero-order chi connectivity index (χ0) is 16.8. The molecule has 1 aromatic carbocycles. The molecule has 7 heteroatoms. The Morgan fingerprint density at radius 2 is 1.96 bits per heavy atom. The van der Waals surface area contributed by atoms with E-state index in [4.69, 9.17) is 14.0 Å². The van der Waals surface area contributed by atoms with Gasteiger partial charge in [-0.1, -0.05) is 17.3 Å². The summed E-state index contributed by atoms with van der Waals surface area (Å²) < 4.78 is 15.0. The first kappa shape index (κ1) is 16.5. The van der Waals surface area contributed by atoms with Crippen LogP contribution in [0.3, 0.4) is 0 Å². The SMILES string of the molecule is CCOC(=O)c1c(C)noc1NC(=O)Cc1ccc(OC)cc1. The van der Waals surface area contributed by atoms with Crippen molar-refractivity contribution in [2.75, 3.05) is 19.0 Å². The summed E-state index contributed by atoms with van der Waals surface area (Å²) in [5.74, 6) is -0.188. The lowest BCUT2D eigenvalue weighted by molar-refractivity contribution is -0.115. The number of carbonyl (C=O) groups excluding carboxylic acids is 2. The summed E-state index contributed by atoms with van der Waals surface area (Å²) in [7, 11) is 1.57. The van der Waals surface area contributed by atoms with E-state index < -0.39 is 5.97 Å². The summed E-state index contributed by atoms with van der Waals surface area (Å²) in [5.41, 5.74) is 1.30. The molecule has 0 radical (unpaired) electrons. The zero-order valence-electron chi connectivity index (χ0n) is 13.2. The van der Waals surface area contributed by atoms with Crippen molar-refractivity contribution < 1.29 is 23.6 Å². The molecule has 0 bridgehead atoms. The predicted octanol–water partition coefficient (Wildman–Crippen LogP) is 2.35. The summed E-state index contributed by atoms with van der Waals surface area (Å²) in [5, 5.41) is 6.24. The molecule has 7 nitrogen and oxygen atoms in total. The van der Waals surface area contributed by atoms with Crippen molar-refractivity contribution in [1.29, 1.82) is 0 Å². The Hall–Kier alpha value is -2.83. The van der Waals surface area contributed by atoms with Crippen LogP contribution in [0, 0.1) is 6.92 Å². The molecule has 0 atom stereocenters. The molecule has 0 aliphatic carbocycles. The minimum Gasteiger partial charge on any atom is -0.497 e. The first-order chi connectivity index (χ1) is 11.0. The third kappa shape index (κ3) is 4.09. The Bertz CT molecular complexity index is 691. The highest BCUT2D eigenvalue weighted by molar-refractivity contribution is 6.00. The molecule has 2 rings (SSSR count). The number of benzene rings is 1. The molecule has 23 heavy (non-hydrogen) atoms. The van der Waals surface area contributed by atoms with Gasteiger partial charge >= 0.3 is 5.97 Å². The van der Waals surface area contributed by atoms with Crippen molar-refractivity contribution in [1.82, 2.24) is 5.16 Å². The normalized spacial score (nSPS) is 10.2. The summed E-state index contributed by atoms with van der Waals surface area (Å²) in [6, 6.07) is 7.11. The van der Waals surface area contributed by atoms with Crippen molar-refractivity contribution in [2.45, 2.75) is 20.3 Å². The van der Waals surface area contributed by atoms with Gasteiger partial charge in [0.25, 0.3) is 0 Å². The average molecular weight is 318 g/mol. The monoisotopic (exact) mass is 318 g/mol. The zero-order valence-corrected chi connectivity index (χ0v) is 13.2. The van der Waals surface area contributed by atoms with E-state index >= 15 is 0 Å². The summed E-state index contributed by atoms with van der Waals surface area (Å²) in [6.07, 6.45) is 0.131. The van der Waals surface area contributed by atoms with Gasteiger partial charge in [-0.2, -0.15) is 0 Å². The van der Waals surface area contributed by atoms with Crippen LogP contribution in [0.1, 0.15) is 28.5 Å². The average Bonchev–Trinajstić information content (AvgIpc) is 2.88. The number of ether oxygens (including phenoxy) is 2. The van der Waals surface area contributed by atoms with Gasteiger partial charge in [-0.05, 0) is 31.5 Å². The van der Waals surface area contributed by atoms with Gasteiger partial charge in [0.15, 0.2) is 0 Å². The van der Waals surface area contributed by atoms with Crippen LogP contribution in [0.15, 0.2) is 28.8 Å². The van der Waals surface area contributed by atoms with E-state index in [-0.39, 0.29) is 30.4 Å². The highest BCUT2D eigenvalue weighted by atomic mass is 16.5. The topological polar surface area (TPSA) is 90.7 Å². The largest absolute Gasteiger partial charge is 0.497 e. The number of methoxy groups -OCH3 is 1. The molecular weight excluding hydrogens is 300 g/mol. The molecule has 0 aliphatic rings. The van der Waals surface area contributed by atoms with E-state index in [1.54, 1.807) is 45.2 Å². The molecule has 0 spiro atoms. The van der Waals surface area contributed by atoms with Crippen molar-refractivity contribution in [3.8, 4) is 5.75 Å². The van der Waals surface area contributed by atoms with Crippen molar-refractivity contribution in [3.63, 3.8) is 0 Å². The van der Waals surface area contributed by atoms with Gasteiger partial charge in [-0.25, -0.2) is 4.79 Å². The van der Waals surface area contributed by atoms with Gasteiger partial charge in [0, 0.05) is 0 Å². The van der Waals surface area contributed by atoms with Gasteiger partial charge in [0.05, 0.1) is 25.8 Å². The smallest absolute Gasteiger partial charge is 0.345 e. The number of carbonyl (C=O) groups is 2. The molecule has 2 aromatic rings. The van der Waals surface area contributed by atoms with Gasteiger partial charge in [-0.3, -0.25) is 10.1 Å². The molecule has 0 saturated carbocycles. The number of nitrogens with zero attached hydrogens (tertiary/aromatic N) is 1. The first-order valence-electron chi connectivity index (χ1n) is 7.11. The maximum atomic E-state index is 12.1. The maximum absolute atomic E-state index is 12.1. The second kappa shape index (κ2) is 7.44. The van der Waals surface area contributed by atoms with E-state index in [0.717, 1.165) is 5.56 Å². The van der Waals surface area contributed by atoms with Crippen LogP contribution in [0.5, 0.6) is 5.75 Å². The highest BCUT2D eigenvalue weighted by Gasteiger charge is 2.23. The van der Waals surface area contributed by atoms with Crippen LogP contribution in [-0.2, 0) is 16.0 Å². The first-order valence-corrected chi connectivity index (χ1v) is 7.11. The number of aryl methyl sites for hydroxylation is 1. The maximum Gasteiger partial charge on any atom is 0.345 e. The lowest BCUT2D eigenvalue weighted by atomic mass is 10.1. The second-order valence-electron chi connectivity index (χ2n) is 4.77. The lowest BCUT2D eigenvalue weighted by Crippen LogP contribution is -2.17. The fourth-order valence-electron chi connectivity index (χ4n) is 2.00. The van der Waals surface area contributed by atoms with Crippen LogP contribution in [0.25, 0.3) is 0 Å². The van der Waals surface area contributed by atoms with Gasteiger partial charge in [0.2, 0.25) is 11.8 Å². The van der Waals surface area contributed by atoms with Gasteiger partial charge in [-0.15, -0.1) is 0 Å². The molecule has 1 N–H and O–H groups in total.